The minimum absolute atomic E-state index is 0.0553. The van der Waals surface area contributed by atoms with Crippen molar-refractivity contribution in [3.8, 4) is 0 Å². The molecule has 2 amide bonds. The van der Waals surface area contributed by atoms with Gasteiger partial charge < -0.3 is 0 Å². The molecular weight excluding hydrogens is 414 g/mol. The zero-order valence-electron chi connectivity index (χ0n) is 11.4. The Hall–Kier alpha value is -1.37. The number of nitrogens with zero attached hydrogens (tertiary/aromatic N) is 2. The molecule has 0 fully saturated rings. The molecule has 9 heteroatoms. The van der Waals surface area contributed by atoms with Gasteiger partial charge in [-0.2, -0.15) is 0 Å². The molecule has 0 saturated carbocycles. The molecule has 0 aliphatic carbocycles. The van der Waals surface area contributed by atoms with Crippen LogP contribution in [0.15, 0.2) is 24.3 Å². The van der Waals surface area contributed by atoms with Crippen molar-refractivity contribution < 1.29 is 9.59 Å². The Kier molecular flexibility index (Phi) is 3.74. The largest absolute Gasteiger partial charge is 0.269 e. The van der Waals surface area contributed by atoms with Gasteiger partial charge in [-0.25, -0.2) is 9.88 Å². The fraction of sp³-hybridized carbons (Fsp3) is 0. The highest BCUT2D eigenvalue weighted by Crippen LogP contribution is 2.46. The van der Waals surface area contributed by atoms with Crippen LogP contribution in [0.1, 0.15) is 20.7 Å². The number of thiazole rings is 1. The topological polar surface area (TPSA) is 50.3 Å². The second-order valence-electron chi connectivity index (χ2n) is 4.92. The standard InChI is InChI=1S/C15H4Cl4N2O2S/c16-9-7-8(10(17)12(19)11(9)18)14(23)21(13(7)22)15-20-5-3-1-2-4-6(5)24-15/h1-4H. The van der Waals surface area contributed by atoms with E-state index in [9.17, 15) is 9.59 Å². The first-order valence-electron chi connectivity index (χ1n) is 6.52. The highest BCUT2D eigenvalue weighted by molar-refractivity contribution is 7.22. The van der Waals surface area contributed by atoms with Crippen molar-refractivity contribution in [1.29, 1.82) is 0 Å². The fourth-order valence-electron chi connectivity index (χ4n) is 2.48. The maximum Gasteiger partial charge on any atom is 0.269 e. The molecule has 0 radical (unpaired) electrons. The number of hydrogen-bond acceptors (Lipinski definition) is 4. The van der Waals surface area contributed by atoms with Gasteiger partial charge >= 0.3 is 0 Å². The van der Waals surface area contributed by atoms with Crippen LogP contribution in [-0.2, 0) is 0 Å². The third-order valence-electron chi connectivity index (χ3n) is 3.57. The van der Waals surface area contributed by atoms with Crippen LogP contribution in [0.2, 0.25) is 20.1 Å². The Balaban J connectivity index is 1.94. The molecule has 0 saturated heterocycles. The van der Waals surface area contributed by atoms with Crippen LogP contribution in [0.4, 0.5) is 5.13 Å². The van der Waals surface area contributed by atoms with Crippen LogP contribution in [-0.4, -0.2) is 16.8 Å². The van der Waals surface area contributed by atoms with E-state index in [2.05, 4.69) is 4.98 Å². The number of amides is 2. The number of hydrogen-bond donors (Lipinski definition) is 0. The molecule has 120 valence electrons. The lowest BCUT2D eigenvalue weighted by molar-refractivity contribution is 0.0926. The van der Waals surface area contributed by atoms with E-state index < -0.39 is 11.8 Å². The molecule has 2 aromatic carbocycles. The number of imide groups is 1. The van der Waals surface area contributed by atoms with E-state index in [-0.39, 0.29) is 36.3 Å². The normalized spacial score (nSPS) is 13.9. The molecule has 24 heavy (non-hydrogen) atoms. The van der Waals surface area contributed by atoms with Gasteiger partial charge in [-0.1, -0.05) is 69.9 Å². The molecule has 1 aliphatic rings. The van der Waals surface area contributed by atoms with E-state index in [1.54, 1.807) is 6.07 Å². The van der Waals surface area contributed by atoms with E-state index >= 15 is 0 Å². The average Bonchev–Trinajstić information content (AvgIpc) is 3.09. The van der Waals surface area contributed by atoms with Gasteiger partial charge in [-0.05, 0) is 12.1 Å². The molecule has 0 atom stereocenters. The summed E-state index contributed by atoms with van der Waals surface area (Å²) in [4.78, 5) is 30.8. The number of rotatable bonds is 1. The Morgan fingerprint density at radius 2 is 1.38 bits per heavy atom. The first-order valence-corrected chi connectivity index (χ1v) is 8.85. The van der Waals surface area contributed by atoms with Crippen molar-refractivity contribution in [3.05, 3.63) is 55.5 Å². The SMILES string of the molecule is O=C1c2c(Cl)c(Cl)c(Cl)c(Cl)c2C(=O)N1c1nc2ccccc2s1. The predicted octanol–water partition coefficient (Wildman–Crippen LogP) is 5.71. The van der Waals surface area contributed by atoms with Crippen molar-refractivity contribution in [2.75, 3.05) is 4.90 Å². The van der Waals surface area contributed by atoms with Crippen LogP contribution >= 0.6 is 57.7 Å². The number of carbonyl (C=O) groups is 2. The molecule has 4 rings (SSSR count). The molecule has 0 unspecified atom stereocenters. The third-order valence-corrected chi connectivity index (χ3v) is 6.40. The van der Waals surface area contributed by atoms with Gasteiger partial charge in [0.1, 0.15) is 0 Å². The Bertz CT molecular complexity index is 983. The van der Waals surface area contributed by atoms with Gasteiger partial charge in [0.05, 0.1) is 41.4 Å². The Morgan fingerprint density at radius 3 is 1.92 bits per heavy atom. The molecule has 0 spiro atoms. The van der Waals surface area contributed by atoms with E-state index in [4.69, 9.17) is 46.4 Å². The van der Waals surface area contributed by atoms with E-state index in [0.29, 0.717) is 5.52 Å². The highest BCUT2D eigenvalue weighted by atomic mass is 35.5. The summed E-state index contributed by atoms with van der Waals surface area (Å²) in [5.74, 6) is -1.25. The third kappa shape index (κ3) is 2.09. The van der Waals surface area contributed by atoms with Crippen LogP contribution in [0, 0.1) is 0 Å². The summed E-state index contributed by atoms with van der Waals surface area (Å²) in [7, 11) is 0. The zero-order chi connectivity index (χ0) is 17.2. The van der Waals surface area contributed by atoms with Crippen LogP contribution in [0.5, 0.6) is 0 Å². The minimum Gasteiger partial charge on any atom is -0.268 e. The molecule has 1 aromatic heterocycles. The number of anilines is 1. The van der Waals surface area contributed by atoms with E-state index in [1.807, 2.05) is 18.2 Å². The quantitative estimate of drug-likeness (QED) is 0.289. The average molecular weight is 418 g/mol. The first kappa shape index (κ1) is 16.1. The number of fused-ring (bicyclic) bond motifs is 2. The second kappa shape index (κ2) is 5.58. The van der Waals surface area contributed by atoms with Crippen molar-refractivity contribution >= 4 is 84.9 Å². The predicted molar refractivity (Wildman–Crippen MR) is 97.2 cm³/mol. The van der Waals surface area contributed by atoms with Gasteiger partial charge in [0.25, 0.3) is 11.8 Å². The molecule has 0 N–H and O–H groups in total. The minimum atomic E-state index is -0.625. The summed E-state index contributed by atoms with van der Waals surface area (Å²) in [6.07, 6.45) is 0. The fourth-order valence-corrected chi connectivity index (χ4v) is 4.46. The lowest BCUT2D eigenvalue weighted by atomic mass is 10.1. The second-order valence-corrected chi connectivity index (χ2v) is 7.44. The molecule has 2 heterocycles. The molecule has 1 aliphatic heterocycles. The lowest BCUT2D eigenvalue weighted by Crippen LogP contribution is -2.29. The van der Waals surface area contributed by atoms with E-state index in [1.165, 1.54) is 11.3 Å². The number of para-hydroxylation sites is 1. The number of benzene rings is 2. The summed E-state index contributed by atoms with van der Waals surface area (Å²) < 4.78 is 0.845. The van der Waals surface area contributed by atoms with Gasteiger partial charge in [0, 0.05) is 0 Å². The summed E-state index contributed by atoms with van der Waals surface area (Å²) >= 11 is 25.4. The smallest absolute Gasteiger partial charge is 0.268 e. The van der Waals surface area contributed by atoms with Gasteiger partial charge in [-0.15, -0.1) is 0 Å². The summed E-state index contributed by atoms with van der Waals surface area (Å²) in [5, 5.41) is -0.0726. The van der Waals surface area contributed by atoms with Gasteiger partial charge in [-0.3, -0.25) is 9.59 Å². The van der Waals surface area contributed by atoms with Gasteiger partial charge in [0.15, 0.2) is 0 Å². The lowest BCUT2D eigenvalue weighted by Gasteiger charge is -2.08. The summed E-state index contributed by atoms with van der Waals surface area (Å²) in [6.45, 7) is 0. The van der Waals surface area contributed by atoms with Crippen LogP contribution in [0.25, 0.3) is 10.2 Å². The number of aromatic nitrogens is 1. The number of halogens is 4. The summed E-state index contributed by atoms with van der Waals surface area (Å²) in [5.41, 5.74) is 0.572. The van der Waals surface area contributed by atoms with E-state index in [0.717, 1.165) is 9.60 Å². The molecule has 4 nitrogen and oxygen atoms in total. The molecule has 3 aromatic rings. The van der Waals surface area contributed by atoms with Gasteiger partial charge in [0.2, 0.25) is 5.13 Å². The zero-order valence-corrected chi connectivity index (χ0v) is 15.3. The highest BCUT2D eigenvalue weighted by Gasteiger charge is 2.43. The van der Waals surface area contributed by atoms with Crippen molar-refractivity contribution in [3.63, 3.8) is 0 Å². The maximum absolute atomic E-state index is 12.7. The maximum atomic E-state index is 12.7. The Labute approximate surface area is 159 Å². The molecule has 0 bridgehead atoms. The first-order chi connectivity index (χ1) is 11.4. The van der Waals surface area contributed by atoms with Crippen LogP contribution < -0.4 is 4.90 Å². The summed E-state index contributed by atoms with van der Waals surface area (Å²) in [6, 6.07) is 7.31. The Morgan fingerprint density at radius 1 is 0.833 bits per heavy atom. The van der Waals surface area contributed by atoms with Crippen molar-refractivity contribution in [2.45, 2.75) is 0 Å². The van der Waals surface area contributed by atoms with Crippen LogP contribution in [0.3, 0.4) is 0 Å². The number of carbonyl (C=O) groups excluding carboxylic acids is 2. The van der Waals surface area contributed by atoms with Crippen molar-refractivity contribution in [2.24, 2.45) is 0 Å². The monoisotopic (exact) mass is 416 g/mol. The van der Waals surface area contributed by atoms with Crippen molar-refractivity contribution in [1.82, 2.24) is 4.98 Å². The molecular formula is C15H4Cl4N2O2S.